The molecule has 0 spiro atoms. The van der Waals surface area contributed by atoms with Crippen LogP contribution in [0.2, 0.25) is 0 Å². The summed E-state index contributed by atoms with van der Waals surface area (Å²) in [5.74, 6) is 0.243. The molecule has 0 radical (unpaired) electrons. The molecule has 134 valence electrons. The van der Waals surface area contributed by atoms with E-state index in [1.54, 1.807) is 0 Å². The summed E-state index contributed by atoms with van der Waals surface area (Å²) in [4.78, 5) is 13.1. The largest absolute Gasteiger partial charge is 0.450 e. The lowest BCUT2D eigenvalue weighted by molar-refractivity contribution is 0.101. The van der Waals surface area contributed by atoms with E-state index in [2.05, 4.69) is 24.4 Å². The van der Waals surface area contributed by atoms with Crippen molar-refractivity contribution in [3.05, 3.63) is 101 Å². The fourth-order valence-corrected chi connectivity index (χ4v) is 3.21. The molecule has 4 aromatic rings. The molecule has 4 rings (SSSR count). The van der Waals surface area contributed by atoms with Gasteiger partial charge in [-0.3, -0.25) is 4.79 Å². The van der Waals surface area contributed by atoms with Crippen LogP contribution in [0.1, 0.15) is 32.8 Å². The molecule has 0 bridgehead atoms. The van der Waals surface area contributed by atoms with Crippen LogP contribution in [0, 0.1) is 13.8 Å². The Bertz CT molecular complexity index is 1110. The molecule has 3 nitrogen and oxygen atoms in total. The van der Waals surface area contributed by atoms with Gasteiger partial charge in [0.1, 0.15) is 5.58 Å². The van der Waals surface area contributed by atoms with E-state index in [0.29, 0.717) is 23.5 Å². The monoisotopic (exact) mass is 355 g/mol. The Labute approximate surface area is 158 Å². The van der Waals surface area contributed by atoms with Crippen molar-refractivity contribution in [2.24, 2.45) is 0 Å². The molecule has 3 aromatic carbocycles. The molecule has 1 heterocycles. The lowest BCUT2D eigenvalue weighted by atomic mass is 10.0. The smallest absolute Gasteiger partial charge is 0.230 e. The van der Waals surface area contributed by atoms with Crippen LogP contribution in [-0.4, -0.2) is 5.78 Å². The summed E-state index contributed by atoms with van der Waals surface area (Å²) in [7, 11) is 0. The number of ketones is 1. The van der Waals surface area contributed by atoms with Crippen molar-refractivity contribution in [3.8, 4) is 0 Å². The zero-order valence-electron chi connectivity index (χ0n) is 15.5. The summed E-state index contributed by atoms with van der Waals surface area (Å²) >= 11 is 0. The Morgan fingerprint density at radius 3 is 2.37 bits per heavy atom. The second-order valence-corrected chi connectivity index (χ2v) is 6.78. The molecule has 1 aromatic heterocycles. The molecule has 0 amide bonds. The topological polar surface area (TPSA) is 42.2 Å². The molecular weight excluding hydrogens is 334 g/mol. The van der Waals surface area contributed by atoms with Gasteiger partial charge >= 0.3 is 0 Å². The molecule has 0 aliphatic carbocycles. The normalized spacial score (nSPS) is 10.9. The zero-order chi connectivity index (χ0) is 18.8. The highest BCUT2D eigenvalue weighted by Crippen LogP contribution is 2.33. The predicted octanol–water partition coefficient (Wildman–Crippen LogP) is 5.89. The summed E-state index contributed by atoms with van der Waals surface area (Å²) in [6.45, 7) is 4.72. The average molecular weight is 355 g/mol. The maximum absolute atomic E-state index is 13.1. The third-order valence-electron chi connectivity index (χ3n) is 4.83. The number of anilines is 1. The molecule has 0 aliphatic rings. The van der Waals surface area contributed by atoms with Gasteiger partial charge in [0.05, 0.1) is 5.69 Å². The molecule has 3 heteroatoms. The first-order valence-corrected chi connectivity index (χ1v) is 9.05. The Morgan fingerprint density at radius 1 is 0.889 bits per heavy atom. The summed E-state index contributed by atoms with van der Waals surface area (Å²) in [5.41, 5.74) is 5.60. The van der Waals surface area contributed by atoms with E-state index in [9.17, 15) is 4.79 Å². The van der Waals surface area contributed by atoms with Gasteiger partial charge in [-0.05, 0) is 37.1 Å². The van der Waals surface area contributed by atoms with Crippen LogP contribution in [0.4, 0.5) is 5.69 Å². The van der Waals surface area contributed by atoms with Gasteiger partial charge in [0, 0.05) is 17.5 Å². The van der Waals surface area contributed by atoms with Gasteiger partial charge in [-0.15, -0.1) is 0 Å². The van der Waals surface area contributed by atoms with Crippen molar-refractivity contribution in [2.75, 3.05) is 5.32 Å². The van der Waals surface area contributed by atoms with Crippen molar-refractivity contribution in [1.29, 1.82) is 0 Å². The SMILES string of the molecule is Cc1ccc(C(=O)c2oc3ccccc3c2NCc2ccccc2C)cc1. The maximum atomic E-state index is 13.1. The van der Waals surface area contributed by atoms with Gasteiger partial charge in [0.2, 0.25) is 5.78 Å². The van der Waals surface area contributed by atoms with Crippen LogP contribution in [-0.2, 0) is 6.54 Å². The van der Waals surface area contributed by atoms with E-state index in [1.165, 1.54) is 11.1 Å². The minimum Gasteiger partial charge on any atom is -0.450 e. The van der Waals surface area contributed by atoms with Crippen LogP contribution in [0.3, 0.4) is 0 Å². The molecule has 1 N–H and O–H groups in total. The number of hydrogen-bond donors (Lipinski definition) is 1. The maximum Gasteiger partial charge on any atom is 0.230 e. The summed E-state index contributed by atoms with van der Waals surface area (Å²) in [6.07, 6.45) is 0. The quantitative estimate of drug-likeness (QED) is 0.454. The van der Waals surface area contributed by atoms with E-state index in [-0.39, 0.29) is 5.78 Å². The van der Waals surface area contributed by atoms with E-state index < -0.39 is 0 Å². The Hall–Kier alpha value is -3.33. The second kappa shape index (κ2) is 7.12. The molecule has 0 saturated heterocycles. The highest BCUT2D eigenvalue weighted by atomic mass is 16.3. The van der Waals surface area contributed by atoms with Gasteiger partial charge < -0.3 is 9.73 Å². The number of para-hydroxylation sites is 1. The van der Waals surface area contributed by atoms with Crippen molar-refractivity contribution >= 4 is 22.4 Å². The van der Waals surface area contributed by atoms with Crippen LogP contribution >= 0.6 is 0 Å². The minimum absolute atomic E-state index is 0.113. The number of rotatable bonds is 5. The molecule has 0 atom stereocenters. The van der Waals surface area contributed by atoms with Crippen LogP contribution in [0.5, 0.6) is 0 Å². The summed E-state index contributed by atoms with van der Waals surface area (Å²) in [6, 6.07) is 23.5. The van der Waals surface area contributed by atoms with Gasteiger partial charge in [-0.25, -0.2) is 0 Å². The zero-order valence-corrected chi connectivity index (χ0v) is 15.5. The van der Waals surface area contributed by atoms with Gasteiger partial charge in [0.25, 0.3) is 0 Å². The third-order valence-corrected chi connectivity index (χ3v) is 4.83. The van der Waals surface area contributed by atoms with E-state index in [1.807, 2.05) is 67.6 Å². The number of hydrogen-bond acceptors (Lipinski definition) is 3. The Kier molecular flexibility index (Phi) is 4.51. The average Bonchev–Trinajstić information content (AvgIpc) is 3.06. The second-order valence-electron chi connectivity index (χ2n) is 6.78. The molecule has 0 saturated carbocycles. The number of fused-ring (bicyclic) bond motifs is 1. The van der Waals surface area contributed by atoms with Crippen LogP contribution in [0.25, 0.3) is 11.0 Å². The Balaban J connectivity index is 1.74. The van der Waals surface area contributed by atoms with Crippen LogP contribution < -0.4 is 5.32 Å². The fourth-order valence-electron chi connectivity index (χ4n) is 3.21. The fraction of sp³-hybridized carbons (Fsp3) is 0.125. The first kappa shape index (κ1) is 17.1. The van der Waals surface area contributed by atoms with E-state index >= 15 is 0 Å². The molecule has 0 fully saturated rings. The van der Waals surface area contributed by atoms with Crippen molar-refractivity contribution in [2.45, 2.75) is 20.4 Å². The number of carbonyl (C=O) groups is 1. The lowest BCUT2D eigenvalue weighted by Gasteiger charge is -2.09. The lowest BCUT2D eigenvalue weighted by Crippen LogP contribution is -2.07. The number of benzene rings is 3. The molecule has 0 unspecified atom stereocenters. The Morgan fingerprint density at radius 2 is 1.59 bits per heavy atom. The molecule has 0 aliphatic heterocycles. The summed E-state index contributed by atoms with van der Waals surface area (Å²) in [5, 5.41) is 4.36. The first-order valence-electron chi connectivity index (χ1n) is 9.05. The molecular formula is C24H21NO2. The highest BCUT2D eigenvalue weighted by Gasteiger charge is 2.21. The highest BCUT2D eigenvalue weighted by molar-refractivity contribution is 6.14. The predicted molar refractivity (Wildman–Crippen MR) is 109 cm³/mol. The van der Waals surface area contributed by atoms with Crippen molar-refractivity contribution in [1.82, 2.24) is 0 Å². The van der Waals surface area contributed by atoms with E-state index in [0.717, 1.165) is 16.6 Å². The van der Waals surface area contributed by atoms with Gasteiger partial charge in [0.15, 0.2) is 5.76 Å². The number of furan rings is 1. The van der Waals surface area contributed by atoms with Crippen LogP contribution in [0.15, 0.2) is 77.2 Å². The number of aryl methyl sites for hydroxylation is 2. The third kappa shape index (κ3) is 3.36. The van der Waals surface area contributed by atoms with Gasteiger partial charge in [-0.2, -0.15) is 0 Å². The van der Waals surface area contributed by atoms with E-state index in [4.69, 9.17) is 4.42 Å². The standard InChI is InChI=1S/C24H21NO2/c1-16-11-13-18(14-12-16)23(26)24-22(20-9-5-6-10-21(20)27-24)25-15-19-8-4-3-7-17(19)2/h3-14,25H,15H2,1-2H3. The number of carbonyl (C=O) groups excluding carboxylic acids is 1. The summed E-state index contributed by atoms with van der Waals surface area (Å²) < 4.78 is 5.95. The van der Waals surface area contributed by atoms with Gasteiger partial charge in [-0.1, -0.05) is 66.2 Å². The first-order chi connectivity index (χ1) is 13.1. The van der Waals surface area contributed by atoms with Crippen molar-refractivity contribution < 1.29 is 9.21 Å². The molecule has 27 heavy (non-hydrogen) atoms. The van der Waals surface area contributed by atoms with Crippen molar-refractivity contribution in [3.63, 3.8) is 0 Å². The minimum atomic E-state index is -0.113. The number of nitrogens with one attached hydrogen (secondary N) is 1.